The number of benzene rings is 2. The average Bonchev–Trinajstić information content (AvgIpc) is 3.29. The van der Waals surface area contributed by atoms with Crippen LogP contribution in [0.15, 0.2) is 76.2 Å². The summed E-state index contributed by atoms with van der Waals surface area (Å²) in [5.41, 5.74) is -0.776. The van der Waals surface area contributed by atoms with Crippen molar-refractivity contribution in [2.45, 2.75) is 86.9 Å². The molecule has 7 nitrogen and oxygen atoms in total. The van der Waals surface area contributed by atoms with E-state index in [1.54, 1.807) is 30.3 Å². The van der Waals surface area contributed by atoms with Gasteiger partial charge >= 0.3 is 12.1 Å². The molecule has 4 aliphatic rings. The van der Waals surface area contributed by atoms with Crippen LogP contribution in [0.1, 0.15) is 79.3 Å². The highest BCUT2D eigenvalue weighted by Gasteiger charge is 2.79. The fraction of sp³-hybridized carbons (Fsp3) is 0.471. The molecule has 0 radical (unpaired) electrons. The molecule has 0 aromatic heterocycles. The van der Waals surface area contributed by atoms with Gasteiger partial charge in [-0.15, -0.1) is 0 Å². The van der Waals surface area contributed by atoms with Crippen LogP contribution in [0.3, 0.4) is 0 Å². The molecule has 2 fully saturated rings. The number of hydrogen-bond acceptors (Lipinski definition) is 5. The zero-order valence-electron chi connectivity index (χ0n) is 25.5. The minimum atomic E-state index is -5.93. The van der Waals surface area contributed by atoms with Crippen LogP contribution in [0.25, 0.3) is 0 Å². The Labute approximate surface area is 269 Å². The number of ketones is 1. The normalized spacial score (nSPS) is 29.5. The molecule has 0 aliphatic heterocycles. The lowest BCUT2D eigenvalue weighted by Gasteiger charge is -2.56. The van der Waals surface area contributed by atoms with Crippen molar-refractivity contribution in [3.05, 3.63) is 88.0 Å². The van der Waals surface area contributed by atoms with E-state index >= 15 is 8.78 Å². The molecular formula is C34H35F5N2O5S. The van der Waals surface area contributed by atoms with Crippen molar-refractivity contribution >= 4 is 21.7 Å². The maximum absolute atomic E-state index is 15.2. The lowest BCUT2D eigenvalue weighted by Crippen LogP contribution is -2.65. The lowest BCUT2D eigenvalue weighted by molar-refractivity contribution is -0.362. The summed E-state index contributed by atoms with van der Waals surface area (Å²) < 4.78 is 94.8. The van der Waals surface area contributed by atoms with Gasteiger partial charge in [-0.1, -0.05) is 36.8 Å². The predicted octanol–water partition coefficient (Wildman–Crippen LogP) is 6.09. The first-order chi connectivity index (χ1) is 21.9. The summed E-state index contributed by atoms with van der Waals surface area (Å²) in [4.78, 5) is 25.2. The molecule has 0 spiro atoms. The fourth-order valence-electron chi connectivity index (χ4n) is 8.66. The molecule has 2 saturated carbocycles. The zero-order valence-corrected chi connectivity index (χ0v) is 26.4. The van der Waals surface area contributed by atoms with E-state index in [1.807, 2.05) is 0 Å². The van der Waals surface area contributed by atoms with E-state index in [9.17, 15) is 36.3 Å². The number of rotatable bonds is 6. The van der Waals surface area contributed by atoms with E-state index in [1.165, 1.54) is 31.2 Å². The summed E-state index contributed by atoms with van der Waals surface area (Å²) in [7, 11) is -3.86. The van der Waals surface area contributed by atoms with Gasteiger partial charge < -0.3 is 10.4 Å². The summed E-state index contributed by atoms with van der Waals surface area (Å²) in [6, 6.07) is 12.1. The second-order valence-electron chi connectivity index (χ2n) is 13.5. The van der Waals surface area contributed by atoms with Crippen molar-refractivity contribution < 1.29 is 45.1 Å². The minimum absolute atomic E-state index is 0.00391. The number of allylic oxidation sites excluding steroid dienone is 4. The van der Waals surface area contributed by atoms with Gasteiger partial charge in [0.05, 0.1) is 4.90 Å². The number of hydrogen-bond donors (Lipinski definition) is 3. The SMILES string of the molecule is C[C@]12C[C@H](c3ccc(C(=O)NCc4ccc(S(N)(=O)=O)cc4)cc3)C3=C4CCC(=O)C=C4CCC3C1CC[C@]2(O)C(F)(F)C(F)(F)F. The third kappa shape index (κ3) is 5.44. The molecule has 2 unspecified atom stereocenters. The Balaban J connectivity index is 1.32. The highest BCUT2D eigenvalue weighted by Crippen LogP contribution is 2.70. The predicted molar refractivity (Wildman–Crippen MR) is 162 cm³/mol. The lowest BCUT2D eigenvalue weighted by atomic mass is 9.50. The van der Waals surface area contributed by atoms with E-state index in [4.69, 9.17) is 5.14 Å². The maximum Gasteiger partial charge on any atom is 0.456 e. The number of nitrogens with one attached hydrogen (secondary N) is 1. The Morgan fingerprint density at radius 2 is 1.66 bits per heavy atom. The standard InChI is InChI=1S/C34H35F5N2O5S/c1-31-17-27(20-4-6-21(7-5-20)30(43)41-18-19-2-10-24(11-3-19)47(40,45)46)29-25-13-9-23(42)16-22(25)8-12-26(29)28(31)14-15-32(31,44)33(35,36)34(37,38)39/h2-7,10-11,16,26-28,44H,8-9,12-15,17-18H2,1H3,(H,41,43)(H2,40,45,46)/t26?,27-,28?,31+,32-/m1/s1. The molecule has 5 atom stereocenters. The summed E-state index contributed by atoms with van der Waals surface area (Å²) >= 11 is 0. The van der Waals surface area contributed by atoms with Crippen LogP contribution >= 0.6 is 0 Å². The minimum Gasteiger partial charge on any atom is -0.383 e. The highest BCUT2D eigenvalue weighted by atomic mass is 32.2. The third-order valence-corrected chi connectivity index (χ3v) is 12.0. The molecule has 0 saturated heterocycles. The van der Waals surface area contributed by atoms with Crippen molar-refractivity contribution in [1.82, 2.24) is 5.32 Å². The number of alkyl halides is 5. The van der Waals surface area contributed by atoms with Crippen LogP contribution in [0, 0.1) is 17.3 Å². The second-order valence-corrected chi connectivity index (χ2v) is 15.0. The van der Waals surface area contributed by atoms with E-state index in [0.717, 1.165) is 16.7 Å². The van der Waals surface area contributed by atoms with E-state index in [0.29, 0.717) is 30.4 Å². The number of primary sulfonamides is 1. The Kier molecular flexibility index (Phi) is 8.08. The molecular weight excluding hydrogens is 643 g/mol. The fourth-order valence-corrected chi connectivity index (χ4v) is 9.18. The summed E-state index contributed by atoms with van der Waals surface area (Å²) in [6.45, 7) is 1.46. The van der Waals surface area contributed by atoms with E-state index in [2.05, 4.69) is 5.32 Å². The first-order valence-electron chi connectivity index (χ1n) is 15.5. The van der Waals surface area contributed by atoms with Crippen molar-refractivity contribution in [3.63, 3.8) is 0 Å². The molecule has 4 N–H and O–H groups in total. The summed E-state index contributed by atoms with van der Waals surface area (Å²) in [5, 5.41) is 19.3. The van der Waals surface area contributed by atoms with Gasteiger partial charge in [0.2, 0.25) is 10.0 Å². The van der Waals surface area contributed by atoms with Gasteiger partial charge in [-0.05, 0) is 103 Å². The molecule has 0 bridgehead atoms. The first-order valence-corrected chi connectivity index (χ1v) is 17.1. The maximum atomic E-state index is 15.2. The van der Waals surface area contributed by atoms with Gasteiger partial charge in [-0.2, -0.15) is 22.0 Å². The van der Waals surface area contributed by atoms with Crippen molar-refractivity contribution in [2.24, 2.45) is 22.4 Å². The molecule has 13 heteroatoms. The first kappa shape index (κ1) is 33.5. The van der Waals surface area contributed by atoms with Crippen LogP contribution in [-0.2, 0) is 21.4 Å². The number of carbonyl (C=O) groups excluding carboxylic acids is 2. The Hall–Kier alpha value is -3.42. The van der Waals surface area contributed by atoms with Crippen molar-refractivity contribution in [3.8, 4) is 0 Å². The van der Waals surface area contributed by atoms with Gasteiger partial charge in [0.1, 0.15) is 5.60 Å². The van der Waals surface area contributed by atoms with Gasteiger partial charge in [-0.25, -0.2) is 13.6 Å². The molecule has 47 heavy (non-hydrogen) atoms. The smallest absolute Gasteiger partial charge is 0.383 e. The molecule has 4 aliphatic carbocycles. The number of nitrogens with two attached hydrogens (primary N) is 1. The van der Waals surface area contributed by atoms with Crippen molar-refractivity contribution in [2.75, 3.05) is 0 Å². The van der Waals surface area contributed by atoms with Gasteiger partial charge in [0.15, 0.2) is 5.78 Å². The van der Waals surface area contributed by atoms with Crippen LogP contribution in [0.2, 0.25) is 0 Å². The van der Waals surface area contributed by atoms with Crippen LogP contribution in [0.4, 0.5) is 22.0 Å². The molecule has 2 aromatic carbocycles. The summed E-state index contributed by atoms with van der Waals surface area (Å²) in [6.07, 6.45) is -3.41. The number of carbonyl (C=O) groups is 2. The Bertz CT molecular complexity index is 1790. The van der Waals surface area contributed by atoms with Crippen molar-refractivity contribution in [1.29, 1.82) is 0 Å². The number of sulfonamides is 1. The van der Waals surface area contributed by atoms with E-state index < -0.39 is 57.3 Å². The third-order valence-electron chi connectivity index (χ3n) is 11.0. The Morgan fingerprint density at radius 3 is 2.28 bits per heavy atom. The molecule has 252 valence electrons. The topological polar surface area (TPSA) is 127 Å². The van der Waals surface area contributed by atoms with Gasteiger partial charge in [-0.3, -0.25) is 9.59 Å². The monoisotopic (exact) mass is 678 g/mol. The number of fused-ring (bicyclic) bond motifs is 4. The quantitative estimate of drug-likeness (QED) is 0.319. The summed E-state index contributed by atoms with van der Waals surface area (Å²) in [5.74, 6) is -7.34. The number of halogens is 5. The van der Waals surface area contributed by atoms with Crippen LogP contribution < -0.4 is 10.5 Å². The van der Waals surface area contributed by atoms with Crippen LogP contribution in [-0.4, -0.2) is 42.9 Å². The Morgan fingerprint density at radius 1 is 1.00 bits per heavy atom. The highest BCUT2D eigenvalue weighted by molar-refractivity contribution is 7.89. The molecule has 6 rings (SSSR count). The van der Waals surface area contributed by atoms with Gasteiger partial charge in [0.25, 0.3) is 5.91 Å². The number of amides is 1. The average molecular weight is 679 g/mol. The molecule has 1 amide bonds. The zero-order chi connectivity index (χ0) is 34.2. The second kappa shape index (κ2) is 11.3. The van der Waals surface area contributed by atoms with E-state index in [-0.39, 0.29) is 48.0 Å². The largest absolute Gasteiger partial charge is 0.456 e. The van der Waals surface area contributed by atoms with Gasteiger partial charge in [0, 0.05) is 29.9 Å². The number of aliphatic hydroxyl groups is 1. The molecule has 0 heterocycles. The molecule has 2 aromatic rings. The van der Waals surface area contributed by atoms with Crippen LogP contribution in [0.5, 0.6) is 0 Å².